The molecule has 0 unspecified atom stereocenters. The first kappa shape index (κ1) is 22.7. The van der Waals surface area contributed by atoms with Gasteiger partial charge < -0.3 is 20.5 Å². The quantitative estimate of drug-likeness (QED) is 0.446. The molecule has 4 rings (SSSR count). The molecule has 1 saturated heterocycles. The van der Waals surface area contributed by atoms with Gasteiger partial charge in [-0.3, -0.25) is 4.79 Å². The maximum absolute atomic E-state index is 13.4. The normalized spacial score (nSPS) is 16.9. The van der Waals surface area contributed by atoms with Crippen LogP contribution in [0.2, 0.25) is 5.02 Å². The number of hydrogen-bond acceptors (Lipinski definition) is 5. The summed E-state index contributed by atoms with van der Waals surface area (Å²) in [7, 11) is -3.96. The molecule has 1 aliphatic heterocycles. The SMILES string of the molecule is O=C(Nc1ccc(F)c(Cl)c1)c1cc(S(=O)(=O)N2CCC(O)(CO)CC2)cc2cc[nH]c12. The third-order valence-electron chi connectivity index (χ3n) is 5.64. The summed E-state index contributed by atoms with van der Waals surface area (Å²) in [5, 5.41) is 22.5. The molecule has 4 N–H and O–H groups in total. The first-order valence-electron chi connectivity index (χ1n) is 9.84. The Morgan fingerprint density at radius 1 is 1.22 bits per heavy atom. The molecule has 0 bridgehead atoms. The van der Waals surface area contributed by atoms with Gasteiger partial charge in [0.1, 0.15) is 5.82 Å². The number of aromatic amines is 1. The smallest absolute Gasteiger partial charge is 0.257 e. The van der Waals surface area contributed by atoms with Crippen LogP contribution in [0.1, 0.15) is 23.2 Å². The number of piperidine rings is 1. The number of nitrogens with zero attached hydrogens (tertiary/aromatic N) is 1. The minimum atomic E-state index is -3.96. The van der Waals surface area contributed by atoms with Crippen LogP contribution < -0.4 is 5.32 Å². The highest BCUT2D eigenvalue weighted by Crippen LogP contribution is 2.30. The Kier molecular flexibility index (Phi) is 5.99. The molecular formula is C21H21ClFN3O5S. The summed E-state index contributed by atoms with van der Waals surface area (Å²) in [6.45, 7) is -0.353. The van der Waals surface area contributed by atoms with Crippen LogP contribution in [-0.2, 0) is 10.0 Å². The van der Waals surface area contributed by atoms with E-state index in [9.17, 15) is 27.8 Å². The number of hydrogen-bond donors (Lipinski definition) is 4. The number of sulfonamides is 1. The Bertz CT molecular complexity index is 1290. The number of halogens is 2. The van der Waals surface area contributed by atoms with E-state index in [-0.39, 0.29) is 47.1 Å². The first-order chi connectivity index (χ1) is 15.1. The van der Waals surface area contributed by atoms with Crippen molar-refractivity contribution >= 4 is 44.1 Å². The van der Waals surface area contributed by atoms with E-state index in [0.717, 1.165) is 6.07 Å². The standard InChI is InChI=1S/C21H21ClFN3O5S/c22-17-10-14(1-2-18(17)23)25-20(28)16-11-15(9-13-3-6-24-19(13)16)32(30,31)26-7-4-21(29,12-27)5-8-26/h1-3,6,9-11,24,27,29H,4-5,7-8,12H2,(H,25,28). The molecule has 11 heteroatoms. The van der Waals surface area contributed by atoms with E-state index >= 15 is 0 Å². The lowest BCUT2D eigenvalue weighted by Crippen LogP contribution is -2.48. The van der Waals surface area contributed by atoms with Crippen molar-refractivity contribution in [2.45, 2.75) is 23.3 Å². The average molecular weight is 482 g/mol. The molecule has 2 aromatic carbocycles. The van der Waals surface area contributed by atoms with Gasteiger partial charge in [-0.25, -0.2) is 12.8 Å². The number of anilines is 1. The molecule has 0 atom stereocenters. The number of H-pyrrole nitrogens is 1. The minimum absolute atomic E-state index is 0.0418. The topological polar surface area (TPSA) is 123 Å². The molecule has 1 aliphatic rings. The number of rotatable bonds is 5. The van der Waals surface area contributed by atoms with Crippen LogP contribution in [-0.4, -0.2) is 59.1 Å². The van der Waals surface area contributed by atoms with Gasteiger partial charge in [0.05, 0.1) is 33.2 Å². The fourth-order valence-corrected chi connectivity index (χ4v) is 5.38. The van der Waals surface area contributed by atoms with E-state index in [1.807, 2.05) is 0 Å². The van der Waals surface area contributed by atoms with Gasteiger partial charge in [0.2, 0.25) is 10.0 Å². The van der Waals surface area contributed by atoms with Gasteiger partial charge in [0, 0.05) is 30.4 Å². The second-order valence-electron chi connectivity index (χ2n) is 7.78. The lowest BCUT2D eigenvalue weighted by molar-refractivity contribution is -0.0480. The van der Waals surface area contributed by atoms with E-state index in [0.29, 0.717) is 10.9 Å². The summed E-state index contributed by atoms with van der Waals surface area (Å²) in [5.41, 5.74) is -0.495. The zero-order valence-electron chi connectivity index (χ0n) is 16.8. The van der Waals surface area contributed by atoms with Gasteiger partial charge in [0.15, 0.2) is 0 Å². The summed E-state index contributed by atoms with van der Waals surface area (Å²) in [6, 6.07) is 8.13. The number of carbonyl (C=O) groups is 1. The van der Waals surface area contributed by atoms with Crippen LogP contribution in [0.25, 0.3) is 10.9 Å². The molecule has 8 nitrogen and oxygen atoms in total. The summed E-state index contributed by atoms with van der Waals surface area (Å²) in [5.74, 6) is -1.22. The van der Waals surface area contributed by atoms with Crippen LogP contribution in [0.4, 0.5) is 10.1 Å². The molecule has 170 valence electrons. The van der Waals surface area contributed by atoms with Crippen molar-refractivity contribution < 1.29 is 27.8 Å². The predicted octanol–water partition coefficient (Wildman–Crippen LogP) is 2.72. The first-order valence-corrected chi connectivity index (χ1v) is 11.7. The zero-order chi connectivity index (χ0) is 23.1. The molecule has 1 fully saturated rings. The number of benzene rings is 2. The van der Waals surface area contributed by atoms with Crippen molar-refractivity contribution in [3.63, 3.8) is 0 Å². The van der Waals surface area contributed by atoms with Gasteiger partial charge in [0.25, 0.3) is 5.91 Å². The van der Waals surface area contributed by atoms with Crippen molar-refractivity contribution in [3.05, 3.63) is 59.0 Å². The molecule has 2 heterocycles. The summed E-state index contributed by atoms with van der Waals surface area (Å²) >= 11 is 5.77. The number of aliphatic hydroxyl groups is 2. The zero-order valence-corrected chi connectivity index (χ0v) is 18.4. The molecule has 3 aromatic rings. The average Bonchev–Trinajstić information content (AvgIpc) is 3.24. The summed E-state index contributed by atoms with van der Waals surface area (Å²) in [4.78, 5) is 15.8. The van der Waals surface area contributed by atoms with Crippen LogP contribution >= 0.6 is 11.6 Å². The van der Waals surface area contributed by atoms with Crippen LogP contribution in [0, 0.1) is 5.82 Å². The van der Waals surface area contributed by atoms with Crippen molar-refractivity contribution in [1.82, 2.24) is 9.29 Å². The van der Waals surface area contributed by atoms with Crippen molar-refractivity contribution in [1.29, 1.82) is 0 Å². The highest BCUT2D eigenvalue weighted by Gasteiger charge is 2.37. The molecule has 1 amide bonds. The fourth-order valence-electron chi connectivity index (χ4n) is 3.69. The Balaban J connectivity index is 1.67. The summed E-state index contributed by atoms with van der Waals surface area (Å²) < 4.78 is 41.1. The van der Waals surface area contributed by atoms with Gasteiger partial charge in [-0.2, -0.15) is 4.31 Å². The van der Waals surface area contributed by atoms with Crippen molar-refractivity contribution in [2.24, 2.45) is 0 Å². The monoisotopic (exact) mass is 481 g/mol. The van der Waals surface area contributed by atoms with E-state index in [2.05, 4.69) is 10.3 Å². The third kappa shape index (κ3) is 4.24. The lowest BCUT2D eigenvalue weighted by atomic mass is 9.94. The molecular weight excluding hydrogens is 461 g/mol. The molecule has 0 aliphatic carbocycles. The van der Waals surface area contributed by atoms with Crippen LogP contribution in [0.5, 0.6) is 0 Å². The van der Waals surface area contributed by atoms with Gasteiger partial charge >= 0.3 is 0 Å². The van der Waals surface area contributed by atoms with Crippen LogP contribution in [0.3, 0.4) is 0 Å². The third-order valence-corrected chi connectivity index (χ3v) is 7.81. The van der Waals surface area contributed by atoms with Crippen LogP contribution in [0.15, 0.2) is 47.5 Å². The van der Waals surface area contributed by atoms with E-state index in [4.69, 9.17) is 11.6 Å². The second kappa shape index (κ2) is 8.45. The number of aliphatic hydroxyl groups excluding tert-OH is 1. The maximum Gasteiger partial charge on any atom is 0.257 e. The minimum Gasteiger partial charge on any atom is -0.393 e. The van der Waals surface area contributed by atoms with E-state index in [1.165, 1.54) is 28.6 Å². The molecule has 0 saturated carbocycles. The fraction of sp³-hybridized carbons (Fsp3) is 0.286. The maximum atomic E-state index is 13.4. The van der Waals surface area contributed by atoms with Gasteiger partial charge in [-0.1, -0.05) is 11.6 Å². The van der Waals surface area contributed by atoms with Crippen molar-refractivity contribution in [2.75, 3.05) is 25.0 Å². The number of nitrogens with one attached hydrogen (secondary N) is 2. The number of carbonyl (C=O) groups excluding carboxylic acids is 1. The molecule has 1 aromatic heterocycles. The molecule has 0 radical (unpaired) electrons. The highest BCUT2D eigenvalue weighted by atomic mass is 35.5. The molecule has 32 heavy (non-hydrogen) atoms. The predicted molar refractivity (Wildman–Crippen MR) is 118 cm³/mol. The number of amides is 1. The Morgan fingerprint density at radius 2 is 1.94 bits per heavy atom. The Hall–Kier alpha value is -2.50. The molecule has 0 spiro atoms. The number of aromatic nitrogens is 1. The largest absolute Gasteiger partial charge is 0.393 e. The van der Waals surface area contributed by atoms with E-state index in [1.54, 1.807) is 12.3 Å². The summed E-state index contributed by atoms with van der Waals surface area (Å²) in [6.07, 6.45) is 1.80. The van der Waals surface area contributed by atoms with Gasteiger partial charge in [-0.15, -0.1) is 0 Å². The lowest BCUT2D eigenvalue weighted by Gasteiger charge is -2.36. The van der Waals surface area contributed by atoms with Crippen molar-refractivity contribution in [3.8, 4) is 0 Å². The number of fused-ring (bicyclic) bond motifs is 1. The highest BCUT2D eigenvalue weighted by molar-refractivity contribution is 7.89. The second-order valence-corrected chi connectivity index (χ2v) is 10.1. The Morgan fingerprint density at radius 3 is 2.59 bits per heavy atom. The Labute approximate surface area is 188 Å². The van der Waals surface area contributed by atoms with E-state index < -0.39 is 34.0 Å². The van der Waals surface area contributed by atoms with Gasteiger partial charge in [-0.05, 0) is 49.2 Å².